The zero-order chi connectivity index (χ0) is 20.1. The number of aryl methyl sites for hydroxylation is 1. The van der Waals surface area contributed by atoms with E-state index >= 15 is 0 Å². The van der Waals surface area contributed by atoms with E-state index in [0.29, 0.717) is 18.6 Å². The Bertz CT molecular complexity index is 1030. The summed E-state index contributed by atoms with van der Waals surface area (Å²) >= 11 is 0. The summed E-state index contributed by atoms with van der Waals surface area (Å²) in [6.45, 7) is 8.45. The average molecular weight is 397 g/mol. The lowest BCUT2D eigenvalue weighted by molar-refractivity contribution is -0.117. The van der Waals surface area contributed by atoms with E-state index in [-0.39, 0.29) is 25.0 Å². The van der Waals surface area contributed by atoms with E-state index in [1.807, 2.05) is 28.8 Å². The molecule has 6 heteroatoms. The van der Waals surface area contributed by atoms with E-state index in [9.17, 15) is 4.79 Å². The summed E-state index contributed by atoms with van der Waals surface area (Å²) in [5, 5.41) is 4.52. The molecule has 0 unspecified atom stereocenters. The lowest BCUT2D eigenvalue weighted by Gasteiger charge is -2.21. The molecule has 1 aromatic carbocycles. The van der Waals surface area contributed by atoms with Crippen molar-refractivity contribution in [2.45, 2.75) is 66.0 Å². The number of rotatable bonds is 4. The monoisotopic (exact) mass is 396 g/mol. The number of fused-ring (bicyclic) bond motifs is 1. The maximum Gasteiger partial charge on any atom is 0.146 e. The van der Waals surface area contributed by atoms with Gasteiger partial charge in [-0.05, 0) is 51.8 Å². The Kier molecular flexibility index (Phi) is 5.57. The van der Waals surface area contributed by atoms with Crippen molar-refractivity contribution in [2.24, 2.45) is 13.0 Å². The highest BCUT2D eigenvalue weighted by Gasteiger charge is 2.29. The number of ether oxygens (including phenoxy) is 1. The molecule has 2 heterocycles. The van der Waals surface area contributed by atoms with Crippen molar-refractivity contribution in [3.8, 4) is 16.9 Å². The summed E-state index contributed by atoms with van der Waals surface area (Å²) < 4.78 is 10.4. The second kappa shape index (κ2) is 7.65. The van der Waals surface area contributed by atoms with Crippen LogP contribution in [0.3, 0.4) is 0 Å². The lowest BCUT2D eigenvalue weighted by atomic mass is 10.0. The maximum atomic E-state index is 11.7. The molecule has 6 nitrogen and oxygen atoms in total. The van der Waals surface area contributed by atoms with Gasteiger partial charge in [-0.15, -0.1) is 0 Å². The summed E-state index contributed by atoms with van der Waals surface area (Å²) in [6, 6.07) is 4.15. The summed E-state index contributed by atoms with van der Waals surface area (Å²) in [5.41, 5.74) is 3.87. The molecule has 0 bridgehead atoms. The first-order chi connectivity index (χ1) is 13.2. The molecule has 1 aliphatic carbocycles. The Labute approximate surface area is 172 Å². The van der Waals surface area contributed by atoms with Crippen molar-refractivity contribution < 1.29 is 9.53 Å². The second-order valence-corrected chi connectivity index (χ2v) is 8.91. The van der Waals surface area contributed by atoms with Crippen molar-refractivity contribution in [1.29, 1.82) is 0 Å². The largest absolute Gasteiger partial charge is 0.488 e. The summed E-state index contributed by atoms with van der Waals surface area (Å²) in [6.07, 6.45) is 7.94. The van der Waals surface area contributed by atoms with E-state index in [4.69, 9.17) is 4.74 Å². The molecule has 1 fully saturated rings. The molecule has 1 saturated carbocycles. The molecule has 156 valence electrons. The minimum absolute atomic E-state index is 0. The zero-order valence-corrected chi connectivity index (χ0v) is 17.3. The molecule has 2 atom stereocenters. The number of carbonyl (C=O) groups is 1. The fourth-order valence-electron chi connectivity index (χ4n) is 3.89. The van der Waals surface area contributed by atoms with Crippen molar-refractivity contribution in [1.82, 2.24) is 19.3 Å². The first kappa shape index (κ1) is 21.1. The predicted molar refractivity (Wildman–Crippen MR) is 116 cm³/mol. The van der Waals surface area contributed by atoms with Gasteiger partial charge in [0, 0.05) is 37.6 Å². The SMILES string of the molecule is C.C[C@@H](Oc1cc(-c2cnn(C(C)(C)C)c2)cc2ncn(C)c12)[C@H]1CCC(=O)C1. The van der Waals surface area contributed by atoms with Gasteiger partial charge in [0.2, 0.25) is 0 Å². The van der Waals surface area contributed by atoms with Gasteiger partial charge in [-0.1, -0.05) is 7.43 Å². The first-order valence-corrected chi connectivity index (χ1v) is 9.91. The third-order valence-corrected chi connectivity index (χ3v) is 5.64. The molecule has 29 heavy (non-hydrogen) atoms. The highest BCUT2D eigenvalue weighted by Crippen LogP contribution is 2.35. The van der Waals surface area contributed by atoms with Gasteiger partial charge in [-0.25, -0.2) is 4.98 Å². The van der Waals surface area contributed by atoms with Crippen LogP contribution < -0.4 is 4.74 Å². The molecule has 0 N–H and O–H groups in total. The molecule has 0 saturated heterocycles. The molecule has 0 radical (unpaired) electrons. The molecule has 0 spiro atoms. The van der Waals surface area contributed by atoms with Gasteiger partial charge in [0.15, 0.2) is 0 Å². The van der Waals surface area contributed by atoms with Crippen molar-refractivity contribution in [3.63, 3.8) is 0 Å². The Balaban J connectivity index is 0.00000240. The van der Waals surface area contributed by atoms with E-state index in [1.54, 1.807) is 0 Å². The van der Waals surface area contributed by atoms with Gasteiger partial charge in [0.25, 0.3) is 0 Å². The van der Waals surface area contributed by atoms with Crippen LogP contribution in [0, 0.1) is 5.92 Å². The second-order valence-electron chi connectivity index (χ2n) is 8.91. The van der Waals surface area contributed by atoms with Crippen LogP contribution in [0.5, 0.6) is 5.75 Å². The summed E-state index contributed by atoms with van der Waals surface area (Å²) in [5.74, 6) is 1.43. The highest BCUT2D eigenvalue weighted by atomic mass is 16.5. The van der Waals surface area contributed by atoms with Crippen LogP contribution in [0.2, 0.25) is 0 Å². The third kappa shape index (κ3) is 4.07. The Morgan fingerprint density at radius 2 is 2.00 bits per heavy atom. The smallest absolute Gasteiger partial charge is 0.146 e. The fraction of sp³-hybridized carbons (Fsp3) is 0.522. The van der Waals surface area contributed by atoms with Crippen LogP contribution >= 0.6 is 0 Å². The highest BCUT2D eigenvalue weighted by molar-refractivity contribution is 5.88. The van der Waals surface area contributed by atoms with Gasteiger partial charge in [-0.3, -0.25) is 9.48 Å². The Morgan fingerprint density at radius 1 is 1.24 bits per heavy atom. The van der Waals surface area contributed by atoms with Crippen LogP contribution in [0.25, 0.3) is 22.2 Å². The third-order valence-electron chi connectivity index (χ3n) is 5.64. The van der Waals surface area contributed by atoms with Gasteiger partial charge >= 0.3 is 0 Å². The standard InChI is InChI=1S/C22H28N4O2.CH4/c1-14(15-6-7-18(27)8-15)28-20-10-16(9-19-21(20)25(5)13-23-19)17-11-24-26(12-17)22(2,3)4;/h9-15H,6-8H2,1-5H3;1H4/t14-,15+;/m1./s1. The van der Waals surface area contributed by atoms with Gasteiger partial charge in [0.1, 0.15) is 17.0 Å². The number of hydrogen-bond acceptors (Lipinski definition) is 4. The average Bonchev–Trinajstić information content (AvgIpc) is 3.34. The topological polar surface area (TPSA) is 61.9 Å². The first-order valence-electron chi connectivity index (χ1n) is 9.91. The van der Waals surface area contributed by atoms with Gasteiger partial charge < -0.3 is 9.30 Å². The minimum atomic E-state index is -0.0732. The van der Waals surface area contributed by atoms with E-state index in [0.717, 1.165) is 34.3 Å². The molecule has 0 aliphatic heterocycles. The van der Waals surface area contributed by atoms with Gasteiger partial charge in [0.05, 0.1) is 29.7 Å². The fourth-order valence-corrected chi connectivity index (χ4v) is 3.89. The van der Waals surface area contributed by atoms with Gasteiger partial charge in [-0.2, -0.15) is 5.10 Å². The van der Waals surface area contributed by atoms with E-state index in [1.165, 1.54) is 0 Å². The molecule has 0 amide bonds. The van der Waals surface area contributed by atoms with Crippen LogP contribution in [0.15, 0.2) is 30.9 Å². The quantitative estimate of drug-likeness (QED) is 0.625. The number of ketones is 1. The number of carbonyl (C=O) groups excluding carboxylic acids is 1. The molecular formula is C23H32N4O2. The number of hydrogen-bond donors (Lipinski definition) is 0. The summed E-state index contributed by atoms with van der Waals surface area (Å²) in [7, 11) is 1.98. The van der Waals surface area contributed by atoms with Crippen molar-refractivity contribution >= 4 is 16.8 Å². The number of imidazole rings is 1. The number of nitrogens with zero attached hydrogens (tertiary/aromatic N) is 4. The number of benzene rings is 1. The molecule has 3 aromatic rings. The number of aromatic nitrogens is 4. The van der Waals surface area contributed by atoms with E-state index < -0.39 is 0 Å². The van der Waals surface area contributed by atoms with Crippen LogP contribution in [-0.2, 0) is 17.4 Å². The lowest BCUT2D eigenvalue weighted by Crippen LogP contribution is -2.22. The molecule has 1 aliphatic rings. The van der Waals surface area contributed by atoms with Crippen LogP contribution in [0.1, 0.15) is 54.4 Å². The normalized spacial score (nSPS) is 18.1. The zero-order valence-electron chi connectivity index (χ0n) is 17.3. The Morgan fingerprint density at radius 3 is 2.62 bits per heavy atom. The van der Waals surface area contributed by atoms with Crippen molar-refractivity contribution in [3.05, 3.63) is 30.9 Å². The summed E-state index contributed by atoms with van der Waals surface area (Å²) in [4.78, 5) is 16.2. The van der Waals surface area contributed by atoms with Crippen LogP contribution in [0.4, 0.5) is 0 Å². The molecule has 2 aromatic heterocycles. The van der Waals surface area contributed by atoms with E-state index in [2.05, 4.69) is 56.1 Å². The number of Topliss-reactive ketones (excluding diaryl/α,β-unsaturated/α-hetero) is 1. The minimum Gasteiger partial charge on any atom is -0.488 e. The molecular weight excluding hydrogens is 364 g/mol. The molecule has 4 rings (SSSR count). The van der Waals surface area contributed by atoms with Crippen molar-refractivity contribution in [2.75, 3.05) is 0 Å². The predicted octanol–water partition coefficient (Wildman–Crippen LogP) is 4.96. The Hall–Kier alpha value is -2.63. The maximum absolute atomic E-state index is 11.7. The van der Waals surface area contributed by atoms with Crippen LogP contribution in [-0.4, -0.2) is 31.2 Å².